The molecule has 0 bridgehead atoms. The van der Waals surface area contributed by atoms with E-state index in [0.717, 1.165) is 11.1 Å². The number of hydrogen-bond donors (Lipinski definition) is 1. The number of carbonyl (C=O) groups is 1. The molecule has 0 radical (unpaired) electrons. The molecule has 1 heterocycles. The average molecular weight is 302 g/mol. The van der Waals surface area contributed by atoms with Gasteiger partial charge in [-0.15, -0.1) is 0 Å². The zero-order valence-electron chi connectivity index (χ0n) is 12.8. The highest BCUT2D eigenvalue weighted by atomic mass is 32.1. The van der Waals surface area contributed by atoms with Crippen molar-refractivity contribution in [3.8, 4) is 0 Å². The van der Waals surface area contributed by atoms with Crippen LogP contribution in [-0.2, 0) is 11.2 Å². The summed E-state index contributed by atoms with van der Waals surface area (Å²) in [6.07, 6.45) is 0.441. The van der Waals surface area contributed by atoms with Crippen molar-refractivity contribution in [3.05, 3.63) is 57.8 Å². The van der Waals surface area contributed by atoms with Crippen LogP contribution in [-0.4, -0.2) is 31.4 Å². The van der Waals surface area contributed by atoms with Crippen LogP contribution in [0.5, 0.6) is 0 Å². The lowest BCUT2D eigenvalue weighted by Gasteiger charge is -2.24. The summed E-state index contributed by atoms with van der Waals surface area (Å²) in [5, 5.41) is 7.26. The van der Waals surface area contributed by atoms with E-state index < -0.39 is 0 Å². The van der Waals surface area contributed by atoms with Crippen LogP contribution < -0.4 is 5.32 Å². The fourth-order valence-corrected chi connectivity index (χ4v) is 3.02. The van der Waals surface area contributed by atoms with Crippen molar-refractivity contribution in [2.45, 2.75) is 19.4 Å². The molecule has 1 amide bonds. The highest BCUT2D eigenvalue weighted by molar-refractivity contribution is 7.07. The Bertz CT molecular complexity index is 578. The maximum atomic E-state index is 12.1. The zero-order valence-corrected chi connectivity index (χ0v) is 13.6. The van der Waals surface area contributed by atoms with Gasteiger partial charge >= 0.3 is 0 Å². The van der Waals surface area contributed by atoms with Crippen LogP contribution in [0.2, 0.25) is 0 Å². The first-order valence-corrected chi connectivity index (χ1v) is 8.02. The molecule has 4 heteroatoms. The van der Waals surface area contributed by atoms with Gasteiger partial charge in [-0.3, -0.25) is 4.79 Å². The highest BCUT2D eigenvalue weighted by Crippen LogP contribution is 2.20. The van der Waals surface area contributed by atoms with E-state index in [-0.39, 0.29) is 11.9 Å². The van der Waals surface area contributed by atoms with Gasteiger partial charge in [-0.2, -0.15) is 11.3 Å². The molecule has 1 aromatic carbocycles. The normalized spacial score (nSPS) is 12.4. The van der Waals surface area contributed by atoms with Gasteiger partial charge in [0.05, 0.1) is 12.5 Å². The second-order valence-electron chi connectivity index (χ2n) is 5.44. The van der Waals surface area contributed by atoms with Crippen molar-refractivity contribution in [2.75, 3.05) is 20.6 Å². The van der Waals surface area contributed by atoms with Gasteiger partial charge in [0.25, 0.3) is 0 Å². The lowest BCUT2D eigenvalue weighted by atomic mass is 10.1. The van der Waals surface area contributed by atoms with E-state index >= 15 is 0 Å². The lowest BCUT2D eigenvalue weighted by molar-refractivity contribution is -0.120. The molecule has 1 aromatic heterocycles. The maximum absolute atomic E-state index is 12.1. The molecule has 0 aliphatic carbocycles. The van der Waals surface area contributed by atoms with Crippen molar-refractivity contribution >= 4 is 17.2 Å². The van der Waals surface area contributed by atoms with Gasteiger partial charge in [-0.05, 0) is 54.5 Å². The van der Waals surface area contributed by atoms with Crippen LogP contribution in [0.15, 0.2) is 41.1 Å². The molecule has 2 rings (SSSR count). The largest absolute Gasteiger partial charge is 0.354 e. The molecule has 112 valence electrons. The summed E-state index contributed by atoms with van der Waals surface area (Å²) in [6, 6.07) is 10.4. The molecule has 0 spiro atoms. The fraction of sp³-hybridized carbons (Fsp3) is 0.353. The molecule has 21 heavy (non-hydrogen) atoms. The summed E-state index contributed by atoms with van der Waals surface area (Å²) in [5.74, 6) is 0.0754. The number of nitrogens with zero attached hydrogens (tertiary/aromatic N) is 1. The molecular formula is C17H22N2OS. The zero-order chi connectivity index (χ0) is 15.2. The van der Waals surface area contributed by atoms with Crippen LogP contribution >= 0.6 is 11.3 Å². The first kappa shape index (κ1) is 15.7. The predicted octanol–water partition coefficient (Wildman–Crippen LogP) is 3.02. The predicted molar refractivity (Wildman–Crippen MR) is 88.6 cm³/mol. The number of hydrogen-bond acceptors (Lipinski definition) is 3. The Morgan fingerprint density at radius 3 is 2.67 bits per heavy atom. The second kappa shape index (κ2) is 7.38. The Morgan fingerprint density at radius 1 is 1.29 bits per heavy atom. The minimum atomic E-state index is 0.0754. The van der Waals surface area contributed by atoms with Gasteiger partial charge in [0.15, 0.2) is 0 Å². The molecule has 1 unspecified atom stereocenters. The summed E-state index contributed by atoms with van der Waals surface area (Å²) >= 11 is 1.68. The standard InChI is InChI=1S/C17H22N2OS/c1-13-6-4-5-7-14(13)10-17(20)18-11-16(19(2)3)15-8-9-21-12-15/h4-9,12,16H,10-11H2,1-3H3,(H,18,20). The Balaban J connectivity index is 1.92. The third-order valence-electron chi connectivity index (χ3n) is 3.66. The number of carbonyl (C=O) groups excluding carboxylic acids is 1. The number of benzene rings is 1. The van der Waals surface area contributed by atoms with E-state index in [1.165, 1.54) is 5.56 Å². The van der Waals surface area contributed by atoms with Gasteiger partial charge in [-0.25, -0.2) is 0 Å². The van der Waals surface area contributed by atoms with Crippen LogP contribution in [0.3, 0.4) is 0 Å². The Morgan fingerprint density at radius 2 is 2.05 bits per heavy atom. The van der Waals surface area contributed by atoms with Gasteiger partial charge < -0.3 is 10.2 Å². The number of amides is 1. The number of likely N-dealkylation sites (N-methyl/N-ethyl adjacent to an activating group) is 1. The van der Waals surface area contributed by atoms with Crippen molar-refractivity contribution in [1.29, 1.82) is 0 Å². The summed E-state index contributed by atoms with van der Waals surface area (Å²) < 4.78 is 0. The van der Waals surface area contributed by atoms with E-state index in [9.17, 15) is 4.79 Å². The van der Waals surface area contributed by atoms with Crippen LogP contribution in [0.1, 0.15) is 22.7 Å². The van der Waals surface area contributed by atoms with E-state index in [4.69, 9.17) is 0 Å². The molecule has 0 saturated heterocycles. The fourth-order valence-electron chi connectivity index (χ4n) is 2.32. The van der Waals surface area contributed by atoms with Gasteiger partial charge in [0, 0.05) is 6.54 Å². The number of rotatable bonds is 6. The summed E-state index contributed by atoms with van der Waals surface area (Å²) in [4.78, 5) is 14.3. The van der Waals surface area contributed by atoms with E-state index in [1.54, 1.807) is 11.3 Å². The Labute approximate surface area is 130 Å². The quantitative estimate of drug-likeness (QED) is 0.889. The maximum Gasteiger partial charge on any atom is 0.224 e. The Hall–Kier alpha value is -1.65. The summed E-state index contributed by atoms with van der Waals surface area (Å²) in [5.41, 5.74) is 3.50. The summed E-state index contributed by atoms with van der Waals surface area (Å²) in [7, 11) is 4.08. The highest BCUT2D eigenvalue weighted by Gasteiger charge is 2.15. The van der Waals surface area contributed by atoms with Gasteiger partial charge in [0.2, 0.25) is 5.91 Å². The van der Waals surface area contributed by atoms with Crippen molar-refractivity contribution in [3.63, 3.8) is 0 Å². The monoisotopic (exact) mass is 302 g/mol. The second-order valence-corrected chi connectivity index (χ2v) is 6.22. The molecule has 3 nitrogen and oxygen atoms in total. The van der Waals surface area contributed by atoms with E-state index in [0.29, 0.717) is 13.0 Å². The lowest BCUT2D eigenvalue weighted by Crippen LogP contribution is -2.35. The third-order valence-corrected chi connectivity index (χ3v) is 4.36. The van der Waals surface area contributed by atoms with Crippen molar-refractivity contribution < 1.29 is 4.79 Å². The molecule has 1 N–H and O–H groups in total. The minimum absolute atomic E-state index is 0.0754. The Kier molecular flexibility index (Phi) is 5.53. The van der Waals surface area contributed by atoms with E-state index in [1.807, 2.05) is 45.3 Å². The molecule has 0 aliphatic heterocycles. The smallest absolute Gasteiger partial charge is 0.224 e. The molecule has 0 saturated carbocycles. The van der Waals surface area contributed by atoms with Crippen LogP contribution in [0.4, 0.5) is 0 Å². The van der Waals surface area contributed by atoms with Crippen molar-refractivity contribution in [1.82, 2.24) is 10.2 Å². The SMILES string of the molecule is Cc1ccccc1CC(=O)NCC(c1ccsc1)N(C)C. The number of aryl methyl sites for hydroxylation is 1. The third kappa shape index (κ3) is 4.41. The van der Waals surface area contributed by atoms with Gasteiger partial charge in [-0.1, -0.05) is 24.3 Å². The molecule has 0 aliphatic rings. The summed E-state index contributed by atoms with van der Waals surface area (Å²) in [6.45, 7) is 2.67. The van der Waals surface area contributed by atoms with Gasteiger partial charge in [0.1, 0.15) is 0 Å². The molecule has 1 atom stereocenters. The van der Waals surface area contributed by atoms with Crippen LogP contribution in [0.25, 0.3) is 0 Å². The van der Waals surface area contributed by atoms with Crippen molar-refractivity contribution in [2.24, 2.45) is 0 Å². The topological polar surface area (TPSA) is 32.3 Å². The number of thiophene rings is 1. The van der Waals surface area contributed by atoms with Crippen LogP contribution in [0, 0.1) is 6.92 Å². The first-order chi connectivity index (χ1) is 10.1. The minimum Gasteiger partial charge on any atom is -0.354 e. The number of nitrogens with one attached hydrogen (secondary N) is 1. The molecule has 2 aromatic rings. The average Bonchev–Trinajstić information content (AvgIpc) is 2.95. The molecule has 0 fully saturated rings. The van der Waals surface area contributed by atoms with E-state index in [2.05, 4.69) is 27.0 Å². The molecular weight excluding hydrogens is 280 g/mol. The first-order valence-electron chi connectivity index (χ1n) is 7.07.